The fourth-order valence-electron chi connectivity index (χ4n) is 3.57. The molecule has 196 valence electrons. The van der Waals surface area contributed by atoms with E-state index in [2.05, 4.69) is 21.2 Å². The number of halogens is 4. The molecular weight excluding hydrogens is 583 g/mol. The molecule has 1 amide bonds. The Morgan fingerprint density at radius 3 is 2.24 bits per heavy atom. The van der Waals surface area contributed by atoms with Crippen molar-refractivity contribution in [3.05, 3.63) is 99.3 Å². The van der Waals surface area contributed by atoms with Gasteiger partial charge in [-0.25, -0.2) is 4.98 Å². The molecule has 0 saturated carbocycles. The molecule has 0 fully saturated rings. The van der Waals surface area contributed by atoms with Gasteiger partial charge in [0.15, 0.2) is 5.13 Å². The first-order valence-electron chi connectivity index (χ1n) is 11.4. The number of hydrogen-bond donors (Lipinski definition) is 2. The smallest absolute Gasteiger partial charge is 0.416 e. The lowest BCUT2D eigenvalue weighted by Crippen LogP contribution is -2.26. The van der Waals surface area contributed by atoms with E-state index < -0.39 is 23.6 Å². The second-order valence-electron chi connectivity index (χ2n) is 8.25. The molecule has 11 heteroatoms. The molecule has 0 saturated heterocycles. The van der Waals surface area contributed by atoms with Crippen LogP contribution < -0.4 is 10.2 Å². The highest BCUT2D eigenvalue weighted by molar-refractivity contribution is 9.10. The minimum absolute atomic E-state index is 0.00785. The van der Waals surface area contributed by atoms with E-state index >= 15 is 0 Å². The molecule has 38 heavy (non-hydrogen) atoms. The zero-order valence-corrected chi connectivity index (χ0v) is 22.1. The van der Waals surface area contributed by atoms with Crippen LogP contribution in [0.1, 0.15) is 27.9 Å². The molecule has 0 unspecified atom stereocenters. The van der Waals surface area contributed by atoms with Crippen molar-refractivity contribution in [3.8, 4) is 11.3 Å². The summed E-state index contributed by atoms with van der Waals surface area (Å²) in [7, 11) is 0. The first-order valence-corrected chi connectivity index (χ1v) is 13.0. The van der Waals surface area contributed by atoms with Gasteiger partial charge in [0.1, 0.15) is 0 Å². The number of thiazole rings is 1. The lowest BCUT2D eigenvalue weighted by Gasteiger charge is -2.23. The van der Waals surface area contributed by atoms with Crippen molar-refractivity contribution in [1.29, 1.82) is 0 Å². The van der Waals surface area contributed by atoms with E-state index in [1.54, 1.807) is 24.3 Å². The number of hydrogen-bond acceptors (Lipinski definition) is 5. The fourth-order valence-corrected chi connectivity index (χ4v) is 4.69. The number of nitrogens with one attached hydrogen (secondary N) is 1. The van der Waals surface area contributed by atoms with E-state index in [1.807, 2.05) is 34.5 Å². The van der Waals surface area contributed by atoms with Gasteiger partial charge in [0, 0.05) is 33.2 Å². The van der Waals surface area contributed by atoms with Crippen LogP contribution in [0.3, 0.4) is 0 Å². The van der Waals surface area contributed by atoms with Crippen LogP contribution >= 0.6 is 27.3 Å². The van der Waals surface area contributed by atoms with Crippen LogP contribution in [0.2, 0.25) is 0 Å². The molecule has 0 aliphatic rings. The molecule has 0 bridgehead atoms. The maximum Gasteiger partial charge on any atom is 0.416 e. The summed E-state index contributed by atoms with van der Waals surface area (Å²) in [5.41, 5.74) is 2.63. The minimum Gasteiger partial charge on any atom is -0.481 e. The number of carboxylic acid groups (broad SMARTS) is 1. The molecule has 3 aromatic carbocycles. The van der Waals surface area contributed by atoms with Crippen LogP contribution in [0.25, 0.3) is 11.3 Å². The summed E-state index contributed by atoms with van der Waals surface area (Å²) in [6.45, 7) is 0.253. The predicted octanol–water partition coefficient (Wildman–Crippen LogP) is 7.13. The normalized spacial score (nSPS) is 11.3. The molecule has 0 aliphatic carbocycles. The summed E-state index contributed by atoms with van der Waals surface area (Å²) in [5.74, 6) is -1.41. The first-order chi connectivity index (χ1) is 18.1. The molecule has 2 N–H and O–H groups in total. The standard InChI is InChI=1S/C27H21BrF3N3O3S/c28-21-9-3-18(4-10-21)23-16-38-26(33-23)34(15-17-1-7-20(8-2-17)27(29,30)31)22-11-5-19(6-12-22)25(37)32-14-13-24(35)36/h1-12,16H,13-15H2,(H,32,37)(H,35,36). The lowest BCUT2D eigenvalue weighted by molar-refractivity contribution is -0.138. The molecule has 6 nitrogen and oxygen atoms in total. The highest BCUT2D eigenvalue weighted by atomic mass is 79.9. The number of alkyl halides is 3. The van der Waals surface area contributed by atoms with Crippen LogP contribution in [0.4, 0.5) is 24.0 Å². The number of anilines is 2. The second-order valence-corrected chi connectivity index (χ2v) is 10.0. The molecule has 0 aliphatic heterocycles. The van der Waals surface area contributed by atoms with Crippen molar-refractivity contribution < 1.29 is 27.9 Å². The largest absolute Gasteiger partial charge is 0.481 e. The van der Waals surface area contributed by atoms with Gasteiger partial charge in [0.05, 0.1) is 24.2 Å². The van der Waals surface area contributed by atoms with Gasteiger partial charge in [-0.1, -0.05) is 40.2 Å². The van der Waals surface area contributed by atoms with Crippen molar-refractivity contribution in [3.63, 3.8) is 0 Å². The summed E-state index contributed by atoms with van der Waals surface area (Å²) in [6, 6.07) is 19.3. The number of aliphatic carboxylic acids is 1. The van der Waals surface area contributed by atoms with Crippen molar-refractivity contribution >= 4 is 50.0 Å². The maximum absolute atomic E-state index is 13.0. The number of carbonyl (C=O) groups excluding carboxylic acids is 1. The van der Waals surface area contributed by atoms with Crippen LogP contribution in [-0.2, 0) is 17.5 Å². The zero-order valence-electron chi connectivity index (χ0n) is 19.7. The average molecular weight is 604 g/mol. The lowest BCUT2D eigenvalue weighted by atomic mass is 10.1. The van der Waals surface area contributed by atoms with E-state index in [0.717, 1.165) is 27.9 Å². The van der Waals surface area contributed by atoms with Crippen LogP contribution in [0.15, 0.2) is 82.6 Å². The Morgan fingerprint density at radius 2 is 1.63 bits per heavy atom. The summed E-state index contributed by atoms with van der Waals surface area (Å²) in [5, 5.41) is 13.8. The predicted molar refractivity (Wildman–Crippen MR) is 144 cm³/mol. The zero-order chi connectivity index (χ0) is 27.3. The third-order valence-electron chi connectivity index (χ3n) is 5.55. The number of carboxylic acids is 1. The second kappa shape index (κ2) is 11.8. The quantitative estimate of drug-likeness (QED) is 0.212. The average Bonchev–Trinajstić information content (AvgIpc) is 3.37. The summed E-state index contributed by atoms with van der Waals surface area (Å²) in [6.07, 6.45) is -4.61. The summed E-state index contributed by atoms with van der Waals surface area (Å²) >= 11 is 4.81. The van der Waals surface area contributed by atoms with E-state index in [9.17, 15) is 22.8 Å². The highest BCUT2D eigenvalue weighted by Crippen LogP contribution is 2.35. The maximum atomic E-state index is 13.0. The molecule has 1 heterocycles. The number of nitrogens with zero attached hydrogens (tertiary/aromatic N) is 2. The van der Waals surface area contributed by atoms with E-state index in [4.69, 9.17) is 10.1 Å². The van der Waals surface area contributed by atoms with Gasteiger partial charge in [-0.2, -0.15) is 13.2 Å². The Kier molecular flexibility index (Phi) is 8.48. The number of carbonyl (C=O) groups is 2. The van der Waals surface area contributed by atoms with Gasteiger partial charge in [0.2, 0.25) is 0 Å². The Labute approximate surface area is 228 Å². The fraction of sp³-hybridized carbons (Fsp3) is 0.148. The molecule has 0 spiro atoms. The molecule has 0 radical (unpaired) electrons. The number of aromatic nitrogens is 1. The Morgan fingerprint density at radius 1 is 0.974 bits per heavy atom. The van der Waals surface area contributed by atoms with Gasteiger partial charge >= 0.3 is 12.1 Å². The third kappa shape index (κ3) is 6.99. The summed E-state index contributed by atoms with van der Waals surface area (Å²) < 4.78 is 40.1. The third-order valence-corrected chi connectivity index (χ3v) is 6.94. The first kappa shape index (κ1) is 27.3. The van der Waals surface area contributed by atoms with Crippen LogP contribution in [-0.4, -0.2) is 28.5 Å². The number of rotatable bonds is 9. The highest BCUT2D eigenvalue weighted by Gasteiger charge is 2.30. The number of benzene rings is 3. The van der Waals surface area contributed by atoms with Gasteiger partial charge in [-0.15, -0.1) is 11.3 Å². The molecule has 0 atom stereocenters. The SMILES string of the molecule is O=C(O)CCNC(=O)c1ccc(N(Cc2ccc(C(F)(F)F)cc2)c2nc(-c3ccc(Br)cc3)cs2)cc1. The van der Waals surface area contributed by atoms with Gasteiger partial charge < -0.3 is 15.3 Å². The number of amides is 1. The Hall–Kier alpha value is -3.70. The van der Waals surface area contributed by atoms with Crippen molar-refractivity contribution in [2.45, 2.75) is 19.1 Å². The Bertz CT molecular complexity index is 1410. The molecule has 4 rings (SSSR count). The van der Waals surface area contributed by atoms with Crippen molar-refractivity contribution in [1.82, 2.24) is 10.3 Å². The monoisotopic (exact) mass is 603 g/mol. The van der Waals surface area contributed by atoms with Crippen LogP contribution in [0, 0.1) is 0 Å². The minimum atomic E-state index is -4.42. The van der Waals surface area contributed by atoms with Gasteiger partial charge in [0.25, 0.3) is 5.91 Å². The van der Waals surface area contributed by atoms with Crippen molar-refractivity contribution in [2.24, 2.45) is 0 Å². The van der Waals surface area contributed by atoms with E-state index in [0.29, 0.717) is 21.9 Å². The summed E-state index contributed by atoms with van der Waals surface area (Å²) in [4.78, 5) is 29.7. The van der Waals surface area contributed by atoms with Gasteiger partial charge in [-0.3, -0.25) is 9.59 Å². The topological polar surface area (TPSA) is 82.5 Å². The van der Waals surface area contributed by atoms with E-state index in [1.165, 1.54) is 23.5 Å². The van der Waals surface area contributed by atoms with Crippen molar-refractivity contribution in [2.75, 3.05) is 11.4 Å². The Balaban J connectivity index is 1.61. The van der Waals surface area contributed by atoms with Crippen LogP contribution in [0.5, 0.6) is 0 Å². The molecular formula is C27H21BrF3N3O3S. The molecule has 1 aromatic heterocycles. The molecule has 4 aromatic rings. The van der Waals surface area contributed by atoms with E-state index in [-0.39, 0.29) is 19.5 Å². The van der Waals surface area contributed by atoms with Gasteiger partial charge in [-0.05, 0) is 54.1 Å².